The van der Waals surface area contributed by atoms with Gasteiger partial charge in [0.1, 0.15) is 0 Å². The van der Waals surface area contributed by atoms with E-state index in [1.54, 1.807) is 0 Å². The zero-order chi connectivity index (χ0) is 13.7. The predicted octanol–water partition coefficient (Wildman–Crippen LogP) is 2.78. The minimum atomic E-state index is 0.439. The molecule has 0 bridgehead atoms. The van der Waals surface area contributed by atoms with Gasteiger partial charge in [-0.15, -0.1) is 5.10 Å². The third kappa shape index (κ3) is 3.55. The van der Waals surface area contributed by atoms with Crippen molar-refractivity contribution in [2.24, 2.45) is 5.73 Å². The molecule has 5 heteroatoms. The standard InChI is InChI=1S/C14H19ClN4/c1-2-3-7-14-13(9-16)17-18-19(14)10-11-5-4-6-12(15)8-11/h4-6,8H,2-3,7,9-10,16H2,1H3. The smallest absolute Gasteiger partial charge is 0.0994 e. The zero-order valence-electron chi connectivity index (χ0n) is 11.1. The first-order valence-corrected chi connectivity index (χ1v) is 6.98. The normalized spacial score (nSPS) is 10.9. The summed E-state index contributed by atoms with van der Waals surface area (Å²) < 4.78 is 1.93. The summed E-state index contributed by atoms with van der Waals surface area (Å²) in [5.74, 6) is 0. The predicted molar refractivity (Wildman–Crippen MR) is 77.1 cm³/mol. The van der Waals surface area contributed by atoms with Crippen LogP contribution in [-0.2, 0) is 19.5 Å². The molecule has 2 N–H and O–H groups in total. The number of hydrogen-bond donors (Lipinski definition) is 1. The molecule has 1 aromatic heterocycles. The summed E-state index contributed by atoms with van der Waals surface area (Å²) in [6.07, 6.45) is 3.23. The molecule has 0 aliphatic rings. The fourth-order valence-electron chi connectivity index (χ4n) is 2.08. The van der Waals surface area contributed by atoms with Crippen LogP contribution in [0, 0.1) is 0 Å². The lowest BCUT2D eigenvalue weighted by Crippen LogP contribution is -2.09. The molecule has 0 aliphatic heterocycles. The van der Waals surface area contributed by atoms with Gasteiger partial charge in [-0.05, 0) is 30.5 Å². The number of nitrogens with two attached hydrogens (primary N) is 1. The van der Waals surface area contributed by atoms with Gasteiger partial charge in [0.05, 0.1) is 17.9 Å². The number of hydrogen-bond acceptors (Lipinski definition) is 3. The Morgan fingerprint density at radius 3 is 2.89 bits per heavy atom. The number of unbranched alkanes of at least 4 members (excludes halogenated alkanes) is 1. The molecule has 0 unspecified atom stereocenters. The van der Waals surface area contributed by atoms with Gasteiger partial charge in [0.2, 0.25) is 0 Å². The monoisotopic (exact) mass is 278 g/mol. The number of benzene rings is 1. The first kappa shape index (κ1) is 14.0. The zero-order valence-corrected chi connectivity index (χ0v) is 11.9. The Hall–Kier alpha value is -1.39. The highest BCUT2D eigenvalue weighted by atomic mass is 35.5. The fourth-order valence-corrected chi connectivity index (χ4v) is 2.29. The Labute approximate surface area is 118 Å². The average molecular weight is 279 g/mol. The van der Waals surface area contributed by atoms with Crippen LogP contribution in [0.15, 0.2) is 24.3 Å². The van der Waals surface area contributed by atoms with E-state index in [1.807, 2.05) is 28.9 Å². The van der Waals surface area contributed by atoms with Crippen molar-refractivity contribution < 1.29 is 0 Å². The quantitative estimate of drug-likeness (QED) is 0.884. The number of rotatable bonds is 6. The molecule has 0 saturated carbocycles. The summed E-state index contributed by atoms with van der Waals surface area (Å²) in [4.78, 5) is 0. The molecular formula is C14H19ClN4. The van der Waals surface area contributed by atoms with Gasteiger partial charge in [-0.25, -0.2) is 4.68 Å². The average Bonchev–Trinajstić information content (AvgIpc) is 2.78. The molecule has 0 spiro atoms. The molecule has 1 aromatic carbocycles. The van der Waals surface area contributed by atoms with Crippen LogP contribution in [0.25, 0.3) is 0 Å². The summed E-state index contributed by atoms with van der Waals surface area (Å²) in [6, 6.07) is 7.81. The minimum absolute atomic E-state index is 0.439. The molecule has 19 heavy (non-hydrogen) atoms. The van der Waals surface area contributed by atoms with Crippen molar-refractivity contribution in [2.75, 3.05) is 0 Å². The van der Waals surface area contributed by atoms with Crippen molar-refractivity contribution in [3.63, 3.8) is 0 Å². The van der Waals surface area contributed by atoms with Crippen LogP contribution in [0.2, 0.25) is 5.02 Å². The second kappa shape index (κ2) is 6.68. The lowest BCUT2D eigenvalue weighted by Gasteiger charge is -2.07. The van der Waals surface area contributed by atoms with Crippen molar-refractivity contribution in [3.8, 4) is 0 Å². The van der Waals surface area contributed by atoms with E-state index in [0.29, 0.717) is 13.1 Å². The van der Waals surface area contributed by atoms with Crippen molar-refractivity contribution in [3.05, 3.63) is 46.2 Å². The van der Waals surface area contributed by atoms with Gasteiger partial charge >= 0.3 is 0 Å². The van der Waals surface area contributed by atoms with Gasteiger partial charge in [-0.1, -0.05) is 42.3 Å². The molecule has 0 aliphatic carbocycles. The number of aromatic nitrogens is 3. The molecule has 0 amide bonds. The molecule has 2 rings (SSSR count). The molecule has 102 valence electrons. The van der Waals surface area contributed by atoms with Crippen LogP contribution in [0.4, 0.5) is 0 Å². The Morgan fingerprint density at radius 2 is 2.21 bits per heavy atom. The van der Waals surface area contributed by atoms with Crippen LogP contribution >= 0.6 is 11.6 Å². The van der Waals surface area contributed by atoms with Crippen molar-refractivity contribution >= 4 is 11.6 Å². The van der Waals surface area contributed by atoms with Gasteiger partial charge in [-0.3, -0.25) is 0 Å². The number of nitrogens with zero attached hydrogens (tertiary/aromatic N) is 3. The van der Waals surface area contributed by atoms with Crippen LogP contribution in [-0.4, -0.2) is 15.0 Å². The topological polar surface area (TPSA) is 56.7 Å². The SMILES string of the molecule is CCCCc1c(CN)nnn1Cc1cccc(Cl)c1. The van der Waals surface area contributed by atoms with Crippen LogP contribution < -0.4 is 5.73 Å². The minimum Gasteiger partial charge on any atom is -0.325 e. The second-order valence-electron chi connectivity index (χ2n) is 4.58. The Bertz CT molecular complexity index is 536. The van der Waals surface area contributed by atoms with Crippen LogP contribution in [0.3, 0.4) is 0 Å². The molecule has 4 nitrogen and oxygen atoms in total. The molecule has 0 atom stereocenters. The highest BCUT2D eigenvalue weighted by molar-refractivity contribution is 6.30. The highest BCUT2D eigenvalue weighted by Crippen LogP contribution is 2.15. The van der Waals surface area contributed by atoms with E-state index in [9.17, 15) is 0 Å². The van der Waals surface area contributed by atoms with Crippen LogP contribution in [0.1, 0.15) is 36.7 Å². The molecule has 0 fully saturated rings. The molecule has 2 aromatic rings. The van der Waals surface area contributed by atoms with Gasteiger partial charge < -0.3 is 5.73 Å². The lowest BCUT2D eigenvalue weighted by atomic mass is 10.1. The van der Waals surface area contributed by atoms with Crippen molar-refractivity contribution in [1.82, 2.24) is 15.0 Å². The van der Waals surface area contributed by atoms with Gasteiger partial charge in [0, 0.05) is 11.6 Å². The summed E-state index contributed by atoms with van der Waals surface area (Å²) in [5, 5.41) is 9.11. The maximum Gasteiger partial charge on any atom is 0.0994 e. The third-order valence-corrected chi connectivity index (χ3v) is 3.34. The van der Waals surface area contributed by atoms with Gasteiger partial charge in [-0.2, -0.15) is 0 Å². The molecule has 1 heterocycles. The summed E-state index contributed by atoms with van der Waals surface area (Å²) >= 11 is 6.00. The molecule has 0 saturated heterocycles. The highest BCUT2D eigenvalue weighted by Gasteiger charge is 2.11. The van der Waals surface area contributed by atoms with E-state index in [4.69, 9.17) is 17.3 Å². The van der Waals surface area contributed by atoms with E-state index >= 15 is 0 Å². The van der Waals surface area contributed by atoms with Crippen molar-refractivity contribution in [1.29, 1.82) is 0 Å². The first-order chi connectivity index (χ1) is 9.24. The molecule has 0 radical (unpaired) electrons. The maximum absolute atomic E-state index is 6.00. The summed E-state index contributed by atoms with van der Waals surface area (Å²) in [7, 11) is 0. The van der Waals surface area contributed by atoms with E-state index in [0.717, 1.165) is 41.2 Å². The van der Waals surface area contributed by atoms with E-state index < -0.39 is 0 Å². The Balaban J connectivity index is 2.21. The lowest BCUT2D eigenvalue weighted by molar-refractivity contribution is 0.606. The maximum atomic E-state index is 6.00. The third-order valence-electron chi connectivity index (χ3n) is 3.10. The van der Waals surface area contributed by atoms with E-state index in [1.165, 1.54) is 0 Å². The Morgan fingerprint density at radius 1 is 1.37 bits per heavy atom. The Kier molecular flexibility index (Phi) is 4.93. The van der Waals surface area contributed by atoms with Gasteiger partial charge in [0.15, 0.2) is 0 Å². The summed E-state index contributed by atoms with van der Waals surface area (Å²) in [6.45, 7) is 3.30. The first-order valence-electron chi connectivity index (χ1n) is 6.60. The number of halogens is 1. The van der Waals surface area contributed by atoms with E-state index in [2.05, 4.69) is 17.2 Å². The van der Waals surface area contributed by atoms with Crippen LogP contribution in [0.5, 0.6) is 0 Å². The largest absolute Gasteiger partial charge is 0.325 e. The van der Waals surface area contributed by atoms with E-state index in [-0.39, 0.29) is 0 Å². The molecular weight excluding hydrogens is 260 g/mol. The summed E-state index contributed by atoms with van der Waals surface area (Å²) in [5.41, 5.74) is 8.88. The second-order valence-corrected chi connectivity index (χ2v) is 5.01. The van der Waals surface area contributed by atoms with Gasteiger partial charge in [0.25, 0.3) is 0 Å². The van der Waals surface area contributed by atoms with Crippen molar-refractivity contribution in [2.45, 2.75) is 39.3 Å². The fraction of sp³-hybridized carbons (Fsp3) is 0.429.